The second-order valence-corrected chi connectivity index (χ2v) is 9.86. The van der Waals surface area contributed by atoms with E-state index in [-0.39, 0.29) is 36.6 Å². The van der Waals surface area contributed by atoms with Gasteiger partial charge in [-0.15, -0.1) is 0 Å². The van der Waals surface area contributed by atoms with E-state index in [1.807, 2.05) is 19.1 Å². The van der Waals surface area contributed by atoms with Gasteiger partial charge in [0.05, 0.1) is 25.5 Å². The maximum absolute atomic E-state index is 13.4. The first-order valence-electron chi connectivity index (χ1n) is 13.0. The van der Waals surface area contributed by atoms with Crippen LogP contribution in [0.1, 0.15) is 56.6 Å². The standard InChI is InChI=1S/C28H30F5N3O4/c1-3-18-15-24(37)36(16-17-7-6-8-20(13-17)34-26(38)27(29,30)28(31,32)33)35-25(18)19-11-12-22(39-2)23(14-19)40-21-9-4-5-10-21/h6-8,11-14,18,21H,3-5,9-10,15-16H2,1-2H3,(H,34,38). The quantitative estimate of drug-likeness (QED) is 0.360. The summed E-state index contributed by atoms with van der Waals surface area (Å²) in [5.74, 6) is -7.31. The Labute approximate surface area is 228 Å². The lowest BCUT2D eigenvalue weighted by Crippen LogP contribution is -2.47. The largest absolute Gasteiger partial charge is 0.493 e. The topological polar surface area (TPSA) is 80.2 Å². The smallest absolute Gasteiger partial charge is 0.463 e. The van der Waals surface area contributed by atoms with Crippen LogP contribution in [0.3, 0.4) is 0 Å². The van der Waals surface area contributed by atoms with Crippen LogP contribution in [0.5, 0.6) is 11.5 Å². The third-order valence-electron chi connectivity index (χ3n) is 7.03. The molecule has 1 aliphatic carbocycles. The van der Waals surface area contributed by atoms with Crippen molar-refractivity contribution in [3.05, 3.63) is 53.6 Å². The summed E-state index contributed by atoms with van der Waals surface area (Å²) in [7, 11) is 1.56. The third kappa shape index (κ3) is 6.37. The van der Waals surface area contributed by atoms with Gasteiger partial charge in [0.2, 0.25) is 5.91 Å². The SMILES string of the molecule is CCC1CC(=O)N(Cc2cccc(NC(=O)C(F)(F)C(F)(F)F)c2)N=C1c1ccc(OC)c(OC2CCCC2)c1. The molecule has 2 aromatic carbocycles. The molecule has 0 aromatic heterocycles. The molecule has 40 heavy (non-hydrogen) atoms. The number of hydrogen-bond donors (Lipinski definition) is 1. The van der Waals surface area contributed by atoms with E-state index in [1.165, 1.54) is 23.2 Å². The molecule has 1 unspecified atom stereocenters. The number of halogens is 5. The number of anilines is 1. The van der Waals surface area contributed by atoms with Crippen LogP contribution in [-0.4, -0.2) is 47.8 Å². The molecule has 0 bridgehead atoms. The van der Waals surface area contributed by atoms with E-state index < -0.39 is 18.0 Å². The van der Waals surface area contributed by atoms with Gasteiger partial charge >= 0.3 is 18.0 Å². The van der Waals surface area contributed by atoms with Crippen LogP contribution in [-0.2, 0) is 16.1 Å². The first-order valence-corrected chi connectivity index (χ1v) is 13.0. The highest BCUT2D eigenvalue weighted by Gasteiger charge is 2.63. The van der Waals surface area contributed by atoms with Crippen molar-refractivity contribution in [2.45, 2.75) is 70.2 Å². The van der Waals surface area contributed by atoms with E-state index in [0.29, 0.717) is 29.2 Å². The highest BCUT2D eigenvalue weighted by atomic mass is 19.4. The number of hydrogen-bond acceptors (Lipinski definition) is 5. The second-order valence-electron chi connectivity index (χ2n) is 9.86. The maximum atomic E-state index is 13.4. The normalized spacial score (nSPS) is 18.5. The molecule has 2 aliphatic rings. The zero-order chi connectivity index (χ0) is 29.1. The predicted octanol–water partition coefficient (Wildman–Crippen LogP) is 6.32. The van der Waals surface area contributed by atoms with Crippen LogP contribution in [0.25, 0.3) is 0 Å². The molecular formula is C28H30F5N3O4. The monoisotopic (exact) mass is 567 g/mol. The van der Waals surface area contributed by atoms with E-state index in [4.69, 9.17) is 9.47 Å². The zero-order valence-corrected chi connectivity index (χ0v) is 22.1. The molecule has 216 valence electrons. The van der Waals surface area contributed by atoms with Crippen LogP contribution in [0.15, 0.2) is 47.6 Å². The Morgan fingerprint density at radius 3 is 2.45 bits per heavy atom. The molecule has 4 rings (SSSR count). The number of methoxy groups -OCH3 is 1. The van der Waals surface area contributed by atoms with E-state index in [2.05, 4.69) is 5.10 Å². The van der Waals surface area contributed by atoms with E-state index in [9.17, 15) is 31.5 Å². The third-order valence-corrected chi connectivity index (χ3v) is 7.03. The molecule has 1 atom stereocenters. The van der Waals surface area contributed by atoms with Crippen LogP contribution in [0.2, 0.25) is 0 Å². The second kappa shape index (κ2) is 11.8. The van der Waals surface area contributed by atoms with E-state index in [0.717, 1.165) is 31.2 Å². The highest BCUT2D eigenvalue weighted by molar-refractivity contribution is 6.06. The number of carbonyl (C=O) groups excluding carboxylic acids is 2. The van der Waals surface area contributed by atoms with Crippen molar-refractivity contribution in [3.63, 3.8) is 0 Å². The summed E-state index contributed by atoms with van der Waals surface area (Å²) >= 11 is 0. The van der Waals surface area contributed by atoms with Crippen molar-refractivity contribution in [1.29, 1.82) is 0 Å². The van der Waals surface area contributed by atoms with Crippen molar-refractivity contribution in [2.75, 3.05) is 12.4 Å². The van der Waals surface area contributed by atoms with Gasteiger partial charge in [0.1, 0.15) is 0 Å². The zero-order valence-electron chi connectivity index (χ0n) is 22.1. The summed E-state index contributed by atoms with van der Waals surface area (Å²) in [4.78, 5) is 24.5. The summed E-state index contributed by atoms with van der Waals surface area (Å²) in [5.41, 5.74) is 1.53. The fraction of sp³-hybridized carbons (Fsp3) is 0.464. The first-order chi connectivity index (χ1) is 18.9. The molecule has 1 heterocycles. The lowest BCUT2D eigenvalue weighted by atomic mass is 9.89. The van der Waals surface area contributed by atoms with Gasteiger partial charge < -0.3 is 14.8 Å². The number of benzene rings is 2. The van der Waals surface area contributed by atoms with Gasteiger partial charge in [-0.05, 0) is 68.0 Å². The summed E-state index contributed by atoms with van der Waals surface area (Å²) in [6.07, 6.45) is -0.982. The average Bonchev–Trinajstić information content (AvgIpc) is 3.42. The summed E-state index contributed by atoms with van der Waals surface area (Å²) in [6.45, 7) is 1.87. The van der Waals surface area contributed by atoms with Crippen molar-refractivity contribution in [3.8, 4) is 11.5 Å². The Kier molecular flexibility index (Phi) is 8.65. The molecule has 1 aliphatic heterocycles. The Morgan fingerprint density at radius 1 is 1.07 bits per heavy atom. The number of nitrogens with zero attached hydrogens (tertiary/aromatic N) is 2. The van der Waals surface area contributed by atoms with E-state index >= 15 is 0 Å². The molecule has 0 radical (unpaired) electrons. The molecule has 1 N–H and O–H groups in total. The van der Waals surface area contributed by atoms with Gasteiger partial charge in [-0.1, -0.05) is 19.1 Å². The fourth-order valence-electron chi connectivity index (χ4n) is 4.81. The van der Waals surface area contributed by atoms with Crippen LogP contribution in [0.4, 0.5) is 27.6 Å². The van der Waals surface area contributed by atoms with Gasteiger partial charge in [0.25, 0.3) is 0 Å². The molecule has 7 nitrogen and oxygen atoms in total. The molecule has 1 saturated carbocycles. The van der Waals surface area contributed by atoms with Crippen LogP contribution < -0.4 is 14.8 Å². The number of hydrazone groups is 1. The minimum Gasteiger partial charge on any atom is -0.493 e. The van der Waals surface area contributed by atoms with Crippen molar-refractivity contribution >= 4 is 23.2 Å². The fourth-order valence-corrected chi connectivity index (χ4v) is 4.81. The Hall–Kier alpha value is -3.70. The molecule has 2 amide bonds. The maximum Gasteiger partial charge on any atom is 0.463 e. The van der Waals surface area contributed by atoms with Crippen LogP contribution >= 0.6 is 0 Å². The minimum atomic E-state index is -6.03. The molecule has 1 fully saturated rings. The number of rotatable bonds is 9. The van der Waals surface area contributed by atoms with Crippen LogP contribution in [0, 0.1) is 5.92 Å². The number of carbonyl (C=O) groups is 2. The molecule has 0 spiro atoms. The summed E-state index contributed by atoms with van der Waals surface area (Å²) in [5, 5.41) is 7.45. The molecular weight excluding hydrogens is 537 g/mol. The first kappa shape index (κ1) is 29.3. The molecule has 12 heteroatoms. The van der Waals surface area contributed by atoms with Crippen molar-refractivity contribution in [1.82, 2.24) is 5.01 Å². The number of ether oxygens (including phenoxy) is 2. The Balaban J connectivity index is 1.57. The van der Waals surface area contributed by atoms with Gasteiger partial charge in [-0.25, -0.2) is 5.01 Å². The molecule has 2 aromatic rings. The Morgan fingerprint density at radius 2 is 1.80 bits per heavy atom. The lowest BCUT2D eigenvalue weighted by Gasteiger charge is -2.29. The molecule has 0 saturated heterocycles. The predicted molar refractivity (Wildman–Crippen MR) is 137 cm³/mol. The summed E-state index contributed by atoms with van der Waals surface area (Å²) in [6, 6.07) is 10.8. The average molecular weight is 568 g/mol. The van der Waals surface area contributed by atoms with Gasteiger partial charge in [-0.2, -0.15) is 27.1 Å². The summed E-state index contributed by atoms with van der Waals surface area (Å²) < 4.78 is 76.1. The lowest BCUT2D eigenvalue weighted by molar-refractivity contribution is -0.267. The number of amides is 2. The highest BCUT2D eigenvalue weighted by Crippen LogP contribution is 2.37. The minimum absolute atomic E-state index is 0.0836. The number of nitrogens with one attached hydrogen (secondary N) is 1. The van der Waals surface area contributed by atoms with E-state index in [1.54, 1.807) is 24.6 Å². The van der Waals surface area contributed by atoms with Gasteiger partial charge in [-0.3, -0.25) is 9.59 Å². The number of alkyl halides is 5. The van der Waals surface area contributed by atoms with Gasteiger partial charge in [0, 0.05) is 23.6 Å². The van der Waals surface area contributed by atoms with Gasteiger partial charge in [0.15, 0.2) is 11.5 Å². The Bertz CT molecular complexity index is 1270. The van der Waals surface area contributed by atoms with Crippen molar-refractivity contribution in [2.24, 2.45) is 11.0 Å². The van der Waals surface area contributed by atoms with Crippen molar-refractivity contribution < 1.29 is 41.0 Å².